The average molecular weight is 367 g/mol. The summed E-state index contributed by atoms with van der Waals surface area (Å²) in [6, 6.07) is 12.1. The van der Waals surface area contributed by atoms with E-state index in [1.165, 1.54) is 32.1 Å². The Kier molecular flexibility index (Phi) is 7.26. The molecule has 4 heteroatoms. The van der Waals surface area contributed by atoms with Crippen LogP contribution in [0.25, 0.3) is 21.8 Å². The Hall–Kier alpha value is -2.36. The summed E-state index contributed by atoms with van der Waals surface area (Å²) in [5, 5.41) is 2.19. The van der Waals surface area contributed by atoms with Gasteiger partial charge in [0.25, 0.3) is 0 Å². The van der Waals surface area contributed by atoms with Crippen LogP contribution in [-0.2, 0) is 0 Å². The van der Waals surface area contributed by atoms with Gasteiger partial charge >= 0.3 is 0 Å². The molecule has 3 aromatic rings. The highest BCUT2D eigenvalue weighted by molar-refractivity contribution is 6.04. The van der Waals surface area contributed by atoms with E-state index >= 15 is 0 Å². The van der Waals surface area contributed by atoms with E-state index in [4.69, 9.17) is 9.47 Å². The molecule has 0 aliphatic rings. The molecule has 144 valence electrons. The fourth-order valence-corrected chi connectivity index (χ4v) is 3.18. The molecule has 0 N–H and O–H groups in total. The summed E-state index contributed by atoms with van der Waals surface area (Å²) in [4.78, 5) is 9.30. The first-order valence-electron chi connectivity index (χ1n) is 10.3. The monoisotopic (exact) mass is 366 g/mol. The van der Waals surface area contributed by atoms with Crippen LogP contribution in [0.15, 0.2) is 36.4 Å². The molecule has 0 saturated carbocycles. The van der Waals surface area contributed by atoms with Crippen LogP contribution in [0.2, 0.25) is 0 Å². The molecular weight excluding hydrogens is 336 g/mol. The Morgan fingerprint density at radius 1 is 0.593 bits per heavy atom. The molecule has 2 heterocycles. The Morgan fingerprint density at radius 2 is 1.07 bits per heavy atom. The highest BCUT2D eigenvalue weighted by Gasteiger charge is 2.06. The first-order valence-corrected chi connectivity index (χ1v) is 10.3. The maximum atomic E-state index is 5.81. The first kappa shape index (κ1) is 19.4. The van der Waals surface area contributed by atoms with Crippen LogP contribution < -0.4 is 9.47 Å². The Labute approximate surface area is 161 Å². The summed E-state index contributed by atoms with van der Waals surface area (Å²) in [6.07, 6.45) is 8.24. The normalized spacial score (nSPS) is 11.2. The fraction of sp³-hybridized carbons (Fsp3) is 0.478. The number of ether oxygens (including phenoxy) is 2. The van der Waals surface area contributed by atoms with Crippen molar-refractivity contribution >= 4 is 21.8 Å². The molecule has 0 atom stereocenters. The number of rotatable bonds is 11. The van der Waals surface area contributed by atoms with Crippen LogP contribution in [0.1, 0.15) is 58.8 Å². The van der Waals surface area contributed by atoms with Gasteiger partial charge in [0.2, 0.25) is 11.8 Å². The van der Waals surface area contributed by atoms with Crippen molar-refractivity contribution in [3.8, 4) is 11.8 Å². The fourth-order valence-electron chi connectivity index (χ4n) is 3.18. The van der Waals surface area contributed by atoms with Gasteiger partial charge in [0, 0.05) is 22.9 Å². The van der Waals surface area contributed by atoms with E-state index in [-0.39, 0.29) is 0 Å². The third-order valence-corrected chi connectivity index (χ3v) is 4.73. The van der Waals surface area contributed by atoms with E-state index in [2.05, 4.69) is 35.9 Å². The number of aromatic nitrogens is 2. The lowest BCUT2D eigenvalue weighted by Crippen LogP contribution is -2.00. The van der Waals surface area contributed by atoms with Gasteiger partial charge in [-0.25, -0.2) is 9.97 Å². The highest BCUT2D eigenvalue weighted by atomic mass is 16.5. The van der Waals surface area contributed by atoms with Crippen molar-refractivity contribution < 1.29 is 9.47 Å². The predicted molar refractivity (Wildman–Crippen MR) is 112 cm³/mol. The Balaban J connectivity index is 1.70. The molecule has 0 amide bonds. The molecule has 3 rings (SSSR count). The minimum absolute atomic E-state index is 0.693. The zero-order chi connectivity index (χ0) is 18.9. The molecule has 0 radical (unpaired) electrons. The van der Waals surface area contributed by atoms with Crippen LogP contribution in [0.5, 0.6) is 11.8 Å². The Bertz CT molecular complexity index is 863. The summed E-state index contributed by atoms with van der Waals surface area (Å²) >= 11 is 0. The molecule has 0 bridgehead atoms. The standard InChI is InChI=1S/C23H30N2O2/c1-3-5-7-9-17-27-23-15-11-19-18-10-14-22(26-16-8-6-4-2)24-20(18)12-13-21(19)25-23/h10-15H,3-9,16-17H2,1-2H3. The van der Waals surface area contributed by atoms with Gasteiger partial charge in [-0.15, -0.1) is 0 Å². The summed E-state index contributed by atoms with van der Waals surface area (Å²) in [7, 11) is 0. The van der Waals surface area contributed by atoms with Gasteiger partial charge in [0.05, 0.1) is 24.2 Å². The number of benzene rings is 1. The van der Waals surface area contributed by atoms with E-state index in [0.717, 1.165) is 47.9 Å². The molecule has 0 spiro atoms. The van der Waals surface area contributed by atoms with Gasteiger partial charge in [-0.3, -0.25) is 0 Å². The maximum absolute atomic E-state index is 5.81. The minimum atomic E-state index is 0.693. The lowest BCUT2D eigenvalue weighted by atomic mass is 10.1. The minimum Gasteiger partial charge on any atom is -0.478 e. The largest absolute Gasteiger partial charge is 0.478 e. The van der Waals surface area contributed by atoms with Gasteiger partial charge in [0.1, 0.15) is 0 Å². The molecule has 2 aromatic heterocycles. The summed E-state index contributed by atoms with van der Waals surface area (Å²) in [5.74, 6) is 1.39. The quantitative estimate of drug-likeness (QED) is 0.294. The number of nitrogens with zero attached hydrogens (tertiary/aromatic N) is 2. The molecular formula is C23H30N2O2. The Morgan fingerprint density at radius 3 is 1.59 bits per heavy atom. The van der Waals surface area contributed by atoms with Crippen molar-refractivity contribution in [1.82, 2.24) is 9.97 Å². The third kappa shape index (κ3) is 5.31. The third-order valence-electron chi connectivity index (χ3n) is 4.73. The van der Waals surface area contributed by atoms with Gasteiger partial charge in [0.15, 0.2) is 0 Å². The van der Waals surface area contributed by atoms with Crippen LogP contribution in [0.3, 0.4) is 0 Å². The number of fused-ring (bicyclic) bond motifs is 3. The highest BCUT2D eigenvalue weighted by Crippen LogP contribution is 2.27. The number of unbranched alkanes of at least 4 members (excludes halogenated alkanes) is 5. The molecule has 0 aliphatic heterocycles. The van der Waals surface area contributed by atoms with Crippen LogP contribution in [0, 0.1) is 0 Å². The van der Waals surface area contributed by atoms with Crippen molar-refractivity contribution in [2.24, 2.45) is 0 Å². The van der Waals surface area contributed by atoms with Crippen molar-refractivity contribution in [3.05, 3.63) is 36.4 Å². The van der Waals surface area contributed by atoms with Gasteiger partial charge < -0.3 is 9.47 Å². The molecule has 0 fully saturated rings. The van der Waals surface area contributed by atoms with E-state index in [0.29, 0.717) is 11.8 Å². The van der Waals surface area contributed by atoms with E-state index in [9.17, 15) is 0 Å². The zero-order valence-corrected chi connectivity index (χ0v) is 16.5. The second-order valence-corrected chi connectivity index (χ2v) is 6.96. The second-order valence-electron chi connectivity index (χ2n) is 6.96. The van der Waals surface area contributed by atoms with E-state index < -0.39 is 0 Å². The number of pyridine rings is 2. The summed E-state index contributed by atoms with van der Waals surface area (Å²) < 4.78 is 11.6. The molecule has 1 aromatic carbocycles. The maximum Gasteiger partial charge on any atom is 0.213 e. The van der Waals surface area contributed by atoms with Crippen molar-refractivity contribution in [2.75, 3.05) is 13.2 Å². The molecule has 0 aliphatic carbocycles. The summed E-state index contributed by atoms with van der Waals surface area (Å²) in [6.45, 7) is 5.86. The van der Waals surface area contributed by atoms with Gasteiger partial charge in [-0.2, -0.15) is 0 Å². The van der Waals surface area contributed by atoms with E-state index in [1.54, 1.807) is 0 Å². The topological polar surface area (TPSA) is 44.2 Å². The lowest BCUT2D eigenvalue weighted by Gasteiger charge is -2.09. The number of hydrogen-bond donors (Lipinski definition) is 0. The van der Waals surface area contributed by atoms with Crippen LogP contribution >= 0.6 is 0 Å². The van der Waals surface area contributed by atoms with Gasteiger partial charge in [-0.05, 0) is 37.1 Å². The molecule has 27 heavy (non-hydrogen) atoms. The van der Waals surface area contributed by atoms with E-state index in [1.807, 2.05) is 24.3 Å². The van der Waals surface area contributed by atoms with Crippen molar-refractivity contribution in [3.63, 3.8) is 0 Å². The predicted octanol–water partition coefficient (Wildman–Crippen LogP) is 6.31. The van der Waals surface area contributed by atoms with Crippen molar-refractivity contribution in [2.45, 2.75) is 58.8 Å². The zero-order valence-electron chi connectivity index (χ0n) is 16.5. The van der Waals surface area contributed by atoms with Crippen LogP contribution in [-0.4, -0.2) is 23.2 Å². The average Bonchev–Trinajstić information content (AvgIpc) is 2.70. The van der Waals surface area contributed by atoms with Crippen molar-refractivity contribution in [1.29, 1.82) is 0 Å². The van der Waals surface area contributed by atoms with Gasteiger partial charge in [-0.1, -0.05) is 46.0 Å². The molecule has 4 nitrogen and oxygen atoms in total. The van der Waals surface area contributed by atoms with Crippen LogP contribution in [0.4, 0.5) is 0 Å². The summed E-state index contributed by atoms with van der Waals surface area (Å²) in [5.41, 5.74) is 1.87. The number of hydrogen-bond acceptors (Lipinski definition) is 4. The molecule has 0 saturated heterocycles. The second kappa shape index (κ2) is 10.1. The first-order chi connectivity index (χ1) is 13.3. The smallest absolute Gasteiger partial charge is 0.213 e. The molecule has 0 unspecified atom stereocenters. The SMILES string of the molecule is CCCCCCOc1ccc2c(ccc3nc(OCCCCC)ccc32)n1. The lowest BCUT2D eigenvalue weighted by molar-refractivity contribution is 0.295.